The van der Waals surface area contributed by atoms with Gasteiger partial charge in [-0.3, -0.25) is 4.79 Å². The molecular weight excluding hydrogens is 278 g/mol. The molecule has 1 amide bonds. The Balaban J connectivity index is 1.86. The van der Waals surface area contributed by atoms with Crippen molar-refractivity contribution in [1.82, 2.24) is 4.98 Å². The van der Waals surface area contributed by atoms with E-state index in [1.807, 2.05) is 12.1 Å². The van der Waals surface area contributed by atoms with Crippen LogP contribution in [-0.2, 0) is 9.53 Å². The highest BCUT2D eigenvalue weighted by molar-refractivity contribution is 5.93. The molecule has 1 aliphatic heterocycles. The summed E-state index contributed by atoms with van der Waals surface area (Å²) in [6, 6.07) is 3.88. The van der Waals surface area contributed by atoms with Crippen LogP contribution < -0.4 is 10.2 Å². The second-order valence-electron chi connectivity index (χ2n) is 6.31. The summed E-state index contributed by atoms with van der Waals surface area (Å²) in [6.07, 6.45) is 5.02. The number of nitrogens with zero attached hydrogens (tertiary/aromatic N) is 2. The van der Waals surface area contributed by atoms with Crippen LogP contribution in [0, 0.1) is 5.92 Å². The van der Waals surface area contributed by atoms with E-state index in [9.17, 15) is 4.79 Å². The number of pyridine rings is 1. The van der Waals surface area contributed by atoms with Crippen LogP contribution in [0.1, 0.15) is 40.0 Å². The fourth-order valence-electron chi connectivity index (χ4n) is 2.43. The Bertz CT molecular complexity index is 467. The third kappa shape index (κ3) is 4.98. The minimum atomic E-state index is -0.454. The lowest BCUT2D eigenvalue weighted by atomic mass is 10.1. The predicted molar refractivity (Wildman–Crippen MR) is 89.2 cm³/mol. The van der Waals surface area contributed by atoms with E-state index in [0.717, 1.165) is 18.9 Å². The van der Waals surface area contributed by atoms with Gasteiger partial charge in [-0.05, 0) is 44.2 Å². The van der Waals surface area contributed by atoms with Crippen molar-refractivity contribution in [3.8, 4) is 0 Å². The number of anilines is 2. The van der Waals surface area contributed by atoms with Gasteiger partial charge in [0.25, 0.3) is 5.91 Å². The van der Waals surface area contributed by atoms with Crippen molar-refractivity contribution in [3.05, 3.63) is 18.3 Å². The quantitative estimate of drug-likeness (QED) is 0.877. The lowest BCUT2D eigenvalue weighted by Gasteiger charge is -2.27. The molecule has 0 aromatic carbocycles. The molecule has 1 atom stereocenters. The third-order valence-electron chi connectivity index (χ3n) is 3.74. The molecule has 0 bridgehead atoms. The van der Waals surface area contributed by atoms with Crippen LogP contribution in [0.25, 0.3) is 0 Å². The number of piperidine rings is 1. The van der Waals surface area contributed by atoms with Crippen molar-refractivity contribution in [2.24, 2.45) is 5.92 Å². The molecule has 5 heteroatoms. The maximum atomic E-state index is 12.0. The van der Waals surface area contributed by atoms with Crippen LogP contribution in [0.3, 0.4) is 0 Å². The number of carbonyl (C=O) groups excluding carboxylic acids is 1. The van der Waals surface area contributed by atoms with Crippen LogP contribution in [0.4, 0.5) is 11.5 Å². The molecule has 0 unspecified atom stereocenters. The van der Waals surface area contributed by atoms with E-state index in [2.05, 4.69) is 29.0 Å². The molecule has 0 saturated carbocycles. The molecular formula is C17H27N3O2. The van der Waals surface area contributed by atoms with Crippen LogP contribution in [-0.4, -0.2) is 36.7 Å². The van der Waals surface area contributed by atoms with Crippen LogP contribution >= 0.6 is 0 Å². The molecule has 1 aliphatic rings. The van der Waals surface area contributed by atoms with Gasteiger partial charge in [0.15, 0.2) is 0 Å². The largest absolute Gasteiger partial charge is 0.368 e. The van der Waals surface area contributed by atoms with E-state index >= 15 is 0 Å². The Hall–Kier alpha value is -1.62. The van der Waals surface area contributed by atoms with E-state index in [1.165, 1.54) is 19.3 Å². The first-order chi connectivity index (χ1) is 10.6. The fraction of sp³-hybridized carbons (Fsp3) is 0.647. The molecule has 22 heavy (non-hydrogen) atoms. The van der Waals surface area contributed by atoms with Gasteiger partial charge in [0.05, 0.1) is 11.9 Å². The smallest absolute Gasteiger partial charge is 0.253 e. The summed E-state index contributed by atoms with van der Waals surface area (Å²) in [5, 5.41) is 2.85. The van der Waals surface area contributed by atoms with Crippen molar-refractivity contribution in [3.63, 3.8) is 0 Å². The standard InChI is InChI=1S/C17H27N3O2/c1-13(2)12-22-14(3)17(21)19-15-7-8-16(18-11-15)20-9-5-4-6-10-20/h7-8,11,13-14H,4-6,9-10,12H2,1-3H3,(H,19,21)/t14-/m1/s1. The minimum Gasteiger partial charge on any atom is -0.368 e. The maximum absolute atomic E-state index is 12.0. The normalized spacial score (nSPS) is 16.6. The van der Waals surface area contributed by atoms with E-state index in [4.69, 9.17) is 4.74 Å². The Kier molecular flexibility index (Phi) is 6.19. The Morgan fingerprint density at radius 1 is 1.27 bits per heavy atom. The van der Waals surface area contributed by atoms with Crippen molar-refractivity contribution in [2.45, 2.75) is 46.1 Å². The van der Waals surface area contributed by atoms with Gasteiger partial charge in [0.1, 0.15) is 11.9 Å². The summed E-state index contributed by atoms with van der Waals surface area (Å²) in [7, 11) is 0. The van der Waals surface area contributed by atoms with Crippen molar-refractivity contribution in [1.29, 1.82) is 0 Å². The molecule has 1 aromatic heterocycles. The number of rotatable bonds is 6. The first-order valence-corrected chi connectivity index (χ1v) is 8.19. The zero-order valence-corrected chi connectivity index (χ0v) is 13.8. The van der Waals surface area contributed by atoms with Crippen LogP contribution in [0.5, 0.6) is 0 Å². The fourth-order valence-corrected chi connectivity index (χ4v) is 2.43. The molecule has 0 aliphatic carbocycles. The monoisotopic (exact) mass is 305 g/mol. The van der Waals surface area contributed by atoms with Crippen LogP contribution in [0.2, 0.25) is 0 Å². The highest BCUT2D eigenvalue weighted by Crippen LogP contribution is 2.19. The van der Waals surface area contributed by atoms with Crippen LogP contribution in [0.15, 0.2) is 18.3 Å². The van der Waals surface area contributed by atoms with Gasteiger partial charge in [0, 0.05) is 19.7 Å². The van der Waals surface area contributed by atoms with E-state index in [0.29, 0.717) is 18.2 Å². The molecule has 2 rings (SSSR count). The summed E-state index contributed by atoms with van der Waals surface area (Å²) in [5.41, 5.74) is 0.714. The second kappa shape index (κ2) is 8.13. The minimum absolute atomic E-state index is 0.131. The number of nitrogens with one attached hydrogen (secondary N) is 1. The van der Waals surface area contributed by atoms with Gasteiger partial charge in [0.2, 0.25) is 0 Å². The SMILES string of the molecule is CC(C)CO[C@H](C)C(=O)Nc1ccc(N2CCCCC2)nc1. The number of carbonyl (C=O) groups is 1. The summed E-state index contributed by atoms with van der Waals surface area (Å²) in [5.74, 6) is 1.27. The van der Waals surface area contributed by atoms with Gasteiger partial charge < -0.3 is 15.0 Å². The topological polar surface area (TPSA) is 54.5 Å². The van der Waals surface area contributed by atoms with Gasteiger partial charge in [-0.25, -0.2) is 4.98 Å². The first-order valence-electron chi connectivity index (χ1n) is 8.19. The van der Waals surface area contributed by atoms with Gasteiger partial charge in [-0.1, -0.05) is 13.8 Å². The Labute approximate surface area is 133 Å². The van der Waals surface area contributed by atoms with Crippen molar-refractivity contribution < 1.29 is 9.53 Å². The molecule has 2 heterocycles. The Morgan fingerprint density at radius 2 is 2.00 bits per heavy atom. The predicted octanol–water partition coefficient (Wildman–Crippen LogP) is 3.07. The molecule has 1 aromatic rings. The molecule has 1 fully saturated rings. The maximum Gasteiger partial charge on any atom is 0.253 e. The third-order valence-corrected chi connectivity index (χ3v) is 3.74. The Morgan fingerprint density at radius 3 is 2.59 bits per heavy atom. The lowest BCUT2D eigenvalue weighted by molar-refractivity contribution is -0.126. The molecule has 1 saturated heterocycles. The molecule has 0 radical (unpaired) electrons. The molecule has 1 N–H and O–H groups in total. The van der Waals surface area contributed by atoms with Crippen molar-refractivity contribution >= 4 is 17.4 Å². The van der Waals surface area contributed by atoms with Crippen molar-refractivity contribution in [2.75, 3.05) is 29.9 Å². The summed E-state index contributed by atoms with van der Waals surface area (Å²) in [6.45, 7) is 8.62. The van der Waals surface area contributed by atoms with Gasteiger partial charge in [-0.15, -0.1) is 0 Å². The first kappa shape index (κ1) is 16.7. The zero-order valence-electron chi connectivity index (χ0n) is 13.8. The number of aromatic nitrogens is 1. The highest BCUT2D eigenvalue weighted by Gasteiger charge is 2.15. The lowest BCUT2D eigenvalue weighted by Crippen LogP contribution is -2.30. The molecule has 5 nitrogen and oxygen atoms in total. The zero-order chi connectivity index (χ0) is 15.9. The number of hydrogen-bond donors (Lipinski definition) is 1. The van der Waals surface area contributed by atoms with Gasteiger partial charge >= 0.3 is 0 Å². The average Bonchev–Trinajstić information content (AvgIpc) is 2.54. The highest BCUT2D eigenvalue weighted by atomic mass is 16.5. The summed E-state index contributed by atoms with van der Waals surface area (Å²) in [4.78, 5) is 18.8. The van der Waals surface area contributed by atoms with E-state index in [1.54, 1.807) is 13.1 Å². The second-order valence-corrected chi connectivity index (χ2v) is 6.31. The van der Waals surface area contributed by atoms with E-state index < -0.39 is 6.10 Å². The average molecular weight is 305 g/mol. The number of hydrogen-bond acceptors (Lipinski definition) is 4. The van der Waals surface area contributed by atoms with E-state index in [-0.39, 0.29) is 5.91 Å². The summed E-state index contributed by atoms with van der Waals surface area (Å²) >= 11 is 0. The number of amides is 1. The molecule has 122 valence electrons. The number of ether oxygens (including phenoxy) is 1. The molecule has 0 spiro atoms. The van der Waals surface area contributed by atoms with Gasteiger partial charge in [-0.2, -0.15) is 0 Å². The summed E-state index contributed by atoms with van der Waals surface area (Å²) < 4.78 is 5.52.